The molecule has 2 heterocycles. The maximum absolute atomic E-state index is 10.4. The largest absolute Gasteiger partial charge is 0.366 e. The van der Waals surface area contributed by atoms with E-state index in [2.05, 4.69) is 15.6 Å². The molecule has 15 heavy (non-hydrogen) atoms. The van der Waals surface area contributed by atoms with Crippen LogP contribution in [-0.4, -0.2) is 29.0 Å². The number of nitrogens with one attached hydrogen (secondary N) is 2. The third-order valence-corrected chi connectivity index (χ3v) is 2.37. The Morgan fingerprint density at radius 1 is 1.60 bits per heavy atom. The quantitative estimate of drug-likeness (QED) is 0.566. The van der Waals surface area contributed by atoms with Crippen LogP contribution in [-0.2, 0) is 0 Å². The zero-order valence-electron chi connectivity index (χ0n) is 8.14. The van der Waals surface area contributed by atoms with Crippen molar-refractivity contribution >= 4 is 11.5 Å². The number of anilines is 1. The topological polar surface area (TPSA) is 80.1 Å². The number of pyridine rings is 1. The van der Waals surface area contributed by atoms with E-state index in [4.69, 9.17) is 0 Å². The average Bonchev–Trinajstić information content (AvgIpc) is 2.71. The fourth-order valence-corrected chi connectivity index (χ4v) is 1.57. The summed E-state index contributed by atoms with van der Waals surface area (Å²) in [5, 5.41) is 16.8. The maximum Gasteiger partial charge on any atom is 0.287 e. The highest BCUT2D eigenvalue weighted by Crippen LogP contribution is 2.13. The fourth-order valence-electron chi connectivity index (χ4n) is 1.57. The van der Waals surface area contributed by atoms with Crippen molar-refractivity contribution in [2.45, 2.75) is 12.5 Å². The molecule has 0 aliphatic carbocycles. The summed E-state index contributed by atoms with van der Waals surface area (Å²) < 4.78 is 0. The van der Waals surface area contributed by atoms with Crippen LogP contribution in [0.15, 0.2) is 18.3 Å². The molecule has 1 aliphatic heterocycles. The average molecular weight is 208 g/mol. The molecular formula is C9H12N4O2. The monoisotopic (exact) mass is 208 g/mol. The van der Waals surface area contributed by atoms with Gasteiger partial charge in [0.2, 0.25) is 0 Å². The predicted octanol–water partition coefficient (Wildman–Crippen LogP) is 0.764. The summed E-state index contributed by atoms with van der Waals surface area (Å²) in [6.45, 7) is 1.92. The highest BCUT2D eigenvalue weighted by atomic mass is 16.6. The molecule has 2 rings (SSSR count). The lowest BCUT2D eigenvalue weighted by Gasteiger charge is -2.10. The Morgan fingerprint density at radius 3 is 3.00 bits per heavy atom. The van der Waals surface area contributed by atoms with Gasteiger partial charge in [-0.15, -0.1) is 0 Å². The normalized spacial score (nSPS) is 20.1. The molecule has 1 fully saturated rings. The van der Waals surface area contributed by atoms with E-state index in [1.54, 1.807) is 6.07 Å². The Morgan fingerprint density at radius 2 is 2.47 bits per heavy atom. The van der Waals surface area contributed by atoms with Crippen LogP contribution in [0.5, 0.6) is 0 Å². The third kappa shape index (κ3) is 2.41. The van der Waals surface area contributed by atoms with E-state index in [0.717, 1.165) is 19.5 Å². The summed E-state index contributed by atoms with van der Waals surface area (Å²) >= 11 is 0. The second-order valence-electron chi connectivity index (χ2n) is 3.49. The van der Waals surface area contributed by atoms with Gasteiger partial charge >= 0.3 is 0 Å². The SMILES string of the molecule is O=[N+]([O-])c1ccc(N[C@@H]2CCNC2)nc1. The van der Waals surface area contributed by atoms with Crippen LogP contribution >= 0.6 is 0 Å². The van der Waals surface area contributed by atoms with Crippen molar-refractivity contribution in [2.75, 3.05) is 18.4 Å². The van der Waals surface area contributed by atoms with Crippen molar-refractivity contribution in [2.24, 2.45) is 0 Å². The molecule has 6 heteroatoms. The molecule has 0 saturated carbocycles. The van der Waals surface area contributed by atoms with Crippen LogP contribution in [0.4, 0.5) is 11.5 Å². The van der Waals surface area contributed by atoms with Gasteiger partial charge in [0.1, 0.15) is 12.0 Å². The molecule has 1 saturated heterocycles. The molecule has 0 amide bonds. The number of nitrogens with zero attached hydrogens (tertiary/aromatic N) is 2. The van der Waals surface area contributed by atoms with Crippen LogP contribution in [0.1, 0.15) is 6.42 Å². The predicted molar refractivity (Wildman–Crippen MR) is 55.8 cm³/mol. The highest BCUT2D eigenvalue weighted by molar-refractivity contribution is 5.41. The smallest absolute Gasteiger partial charge is 0.287 e. The minimum atomic E-state index is -0.450. The van der Waals surface area contributed by atoms with Crippen LogP contribution in [0, 0.1) is 10.1 Å². The summed E-state index contributed by atoms with van der Waals surface area (Å²) in [6.07, 6.45) is 2.32. The van der Waals surface area contributed by atoms with Gasteiger partial charge in [0, 0.05) is 18.7 Å². The zero-order chi connectivity index (χ0) is 10.7. The van der Waals surface area contributed by atoms with Gasteiger partial charge in [0.25, 0.3) is 5.69 Å². The van der Waals surface area contributed by atoms with Gasteiger partial charge in [-0.2, -0.15) is 0 Å². The van der Waals surface area contributed by atoms with E-state index >= 15 is 0 Å². The number of nitro groups is 1. The molecule has 1 aromatic heterocycles. The van der Waals surface area contributed by atoms with Crippen LogP contribution in [0.25, 0.3) is 0 Å². The van der Waals surface area contributed by atoms with E-state index in [0.29, 0.717) is 11.9 Å². The van der Waals surface area contributed by atoms with Crippen LogP contribution < -0.4 is 10.6 Å². The lowest BCUT2D eigenvalue weighted by molar-refractivity contribution is -0.385. The molecular weight excluding hydrogens is 196 g/mol. The fraction of sp³-hybridized carbons (Fsp3) is 0.444. The molecule has 1 aromatic rings. The van der Waals surface area contributed by atoms with Gasteiger partial charge in [0.15, 0.2) is 0 Å². The van der Waals surface area contributed by atoms with Gasteiger partial charge in [0.05, 0.1) is 4.92 Å². The van der Waals surface area contributed by atoms with E-state index in [9.17, 15) is 10.1 Å². The minimum Gasteiger partial charge on any atom is -0.366 e. The Hall–Kier alpha value is -1.69. The molecule has 1 atom stereocenters. The lowest BCUT2D eigenvalue weighted by atomic mass is 10.2. The van der Waals surface area contributed by atoms with Crippen LogP contribution in [0.3, 0.4) is 0 Å². The first-order chi connectivity index (χ1) is 7.25. The summed E-state index contributed by atoms with van der Waals surface area (Å²) in [4.78, 5) is 13.9. The van der Waals surface area contributed by atoms with Crippen LogP contribution in [0.2, 0.25) is 0 Å². The second-order valence-corrected chi connectivity index (χ2v) is 3.49. The van der Waals surface area contributed by atoms with Gasteiger partial charge < -0.3 is 10.6 Å². The van der Waals surface area contributed by atoms with Gasteiger partial charge in [-0.3, -0.25) is 10.1 Å². The number of aromatic nitrogens is 1. The molecule has 1 aliphatic rings. The molecule has 6 nitrogen and oxygen atoms in total. The first-order valence-corrected chi connectivity index (χ1v) is 4.83. The van der Waals surface area contributed by atoms with Gasteiger partial charge in [-0.25, -0.2) is 4.98 Å². The molecule has 0 aromatic carbocycles. The van der Waals surface area contributed by atoms with Crippen molar-refractivity contribution in [1.82, 2.24) is 10.3 Å². The van der Waals surface area contributed by atoms with Crippen molar-refractivity contribution in [3.63, 3.8) is 0 Å². The molecule has 0 bridgehead atoms. The van der Waals surface area contributed by atoms with E-state index in [-0.39, 0.29) is 5.69 Å². The Kier molecular flexibility index (Phi) is 2.77. The number of rotatable bonds is 3. The summed E-state index contributed by atoms with van der Waals surface area (Å²) in [5.74, 6) is 0.689. The van der Waals surface area contributed by atoms with Crippen molar-refractivity contribution in [1.29, 1.82) is 0 Å². The van der Waals surface area contributed by atoms with E-state index < -0.39 is 4.92 Å². The summed E-state index contributed by atoms with van der Waals surface area (Å²) in [5.41, 5.74) is 0.0186. The van der Waals surface area contributed by atoms with Crippen molar-refractivity contribution in [3.8, 4) is 0 Å². The summed E-state index contributed by atoms with van der Waals surface area (Å²) in [7, 11) is 0. The molecule has 0 unspecified atom stereocenters. The molecule has 2 N–H and O–H groups in total. The molecule has 0 spiro atoms. The number of hydrogen-bond acceptors (Lipinski definition) is 5. The molecule has 0 radical (unpaired) electrons. The standard InChI is InChI=1S/C9H12N4O2/c14-13(15)8-1-2-9(11-6-8)12-7-3-4-10-5-7/h1-2,6-7,10H,3-5H2,(H,11,12)/t7-/m1/s1. The zero-order valence-corrected chi connectivity index (χ0v) is 8.14. The second kappa shape index (κ2) is 4.22. The summed E-state index contributed by atoms with van der Waals surface area (Å²) in [6, 6.07) is 3.47. The first-order valence-electron chi connectivity index (χ1n) is 4.83. The van der Waals surface area contributed by atoms with Crippen molar-refractivity contribution in [3.05, 3.63) is 28.4 Å². The molecule has 80 valence electrons. The van der Waals surface area contributed by atoms with Gasteiger partial charge in [-0.05, 0) is 19.0 Å². The first kappa shape index (κ1) is 9.85. The highest BCUT2D eigenvalue weighted by Gasteiger charge is 2.14. The van der Waals surface area contributed by atoms with Gasteiger partial charge in [-0.1, -0.05) is 0 Å². The Labute approximate surface area is 86.9 Å². The van der Waals surface area contributed by atoms with Crippen molar-refractivity contribution < 1.29 is 4.92 Å². The third-order valence-electron chi connectivity index (χ3n) is 2.37. The number of hydrogen-bond donors (Lipinski definition) is 2. The Balaban J connectivity index is 2.00. The lowest BCUT2D eigenvalue weighted by Crippen LogP contribution is -2.22. The minimum absolute atomic E-state index is 0.0186. The van der Waals surface area contributed by atoms with E-state index in [1.807, 2.05) is 0 Å². The maximum atomic E-state index is 10.4. The van der Waals surface area contributed by atoms with E-state index in [1.165, 1.54) is 12.3 Å². The Bertz CT molecular complexity index is 346.